The molecule has 0 bridgehead atoms. The summed E-state index contributed by atoms with van der Waals surface area (Å²) in [4.78, 5) is 35.8. The Balaban J connectivity index is 2.39. The number of hydrogen-bond donors (Lipinski definition) is 6. The maximum absolute atomic E-state index is 12.8. The summed E-state index contributed by atoms with van der Waals surface area (Å²) in [6.45, 7) is 3.29. The van der Waals surface area contributed by atoms with Gasteiger partial charge in [-0.2, -0.15) is 0 Å². The number of allylic oxidation sites excluding steroid dienone is 4. The van der Waals surface area contributed by atoms with E-state index in [9.17, 15) is 44.6 Å². The molecule has 1 saturated carbocycles. The Labute approximate surface area is 394 Å². The number of rotatable bonds is 44. The highest BCUT2D eigenvalue weighted by Gasteiger charge is 2.51. The molecule has 0 spiro atoms. The van der Waals surface area contributed by atoms with Crippen LogP contribution in [0.2, 0.25) is 0 Å². The predicted molar refractivity (Wildman–Crippen MR) is 258 cm³/mol. The van der Waals surface area contributed by atoms with Gasteiger partial charge < -0.3 is 39.9 Å². The molecular weight excluding hydrogens is 852 g/mol. The van der Waals surface area contributed by atoms with Crippen molar-refractivity contribution in [2.75, 3.05) is 13.2 Å². The summed E-state index contributed by atoms with van der Waals surface area (Å²) in [5.41, 5.74) is 0. The SMILES string of the molecule is CCCCCCCC/C=C/CCCCCCCCCCCCCC(=O)O[C@H](COC(=O)CC/C=C/CCCCCCCCCCCCC)COP(=O)(O)OC1C(O)C(O)C(O)[C@@H](O)C1O. The van der Waals surface area contributed by atoms with E-state index in [1.165, 1.54) is 154 Å². The molecule has 1 aliphatic carbocycles. The van der Waals surface area contributed by atoms with Crippen LogP contribution in [0.4, 0.5) is 0 Å². The Morgan fingerprint density at radius 1 is 0.462 bits per heavy atom. The Bertz CT molecular complexity index is 1230. The van der Waals surface area contributed by atoms with Gasteiger partial charge in [-0.15, -0.1) is 0 Å². The summed E-state index contributed by atoms with van der Waals surface area (Å²) in [5.74, 6) is -1.15. The van der Waals surface area contributed by atoms with Gasteiger partial charge >= 0.3 is 19.8 Å². The first-order valence-electron chi connectivity index (χ1n) is 26.1. The number of hydrogen-bond acceptors (Lipinski definition) is 12. The van der Waals surface area contributed by atoms with Gasteiger partial charge in [-0.3, -0.25) is 18.6 Å². The van der Waals surface area contributed by atoms with Gasteiger partial charge in [0.1, 0.15) is 43.2 Å². The van der Waals surface area contributed by atoms with Crippen molar-refractivity contribution in [2.45, 2.75) is 275 Å². The summed E-state index contributed by atoms with van der Waals surface area (Å²) < 4.78 is 33.6. The van der Waals surface area contributed by atoms with Gasteiger partial charge in [-0.05, 0) is 51.4 Å². The first-order chi connectivity index (χ1) is 31.4. The maximum Gasteiger partial charge on any atom is 0.472 e. The van der Waals surface area contributed by atoms with Crippen LogP contribution in [0.15, 0.2) is 24.3 Å². The lowest BCUT2D eigenvalue weighted by Crippen LogP contribution is -2.64. The van der Waals surface area contributed by atoms with Gasteiger partial charge in [0.15, 0.2) is 6.10 Å². The molecule has 0 aromatic rings. The van der Waals surface area contributed by atoms with Gasteiger partial charge in [0, 0.05) is 12.8 Å². The highest BCUT2D eigenvalue weighted by atomic mass is 31.2. The van der Waals surface area contributed by atoms with Crippen molar-refractivity contribution < 1.29 is 63.1 Å². The molecule has 0 aromatic carbocycles. The molecule has 8 atom stereocenters. The molecule has 0 aliphatic heterocycles. The Hall–Kier alpha value is -1.67. The number of phosphoric ester groups is 1. The molecule has 1 aliphatic rings. The van der Waals surface area contributed by atoms with E-state index < -0.39 is 75.7 Å². The minimum atomic E-state index is -5.13. The standard InChI is InChI=1S/C51H95O13P/c1-3-5-7-9-11-13-15-17-19-20-21-22-23-24-26-28-30-32-34-36-38-40-45(53)63-43(42-62-65(59,60)64-51-49(57)47(55)46(54)48(56)50(51)58)41-61-44(52)39-37-35-33-31-29-27-25-18-16-14-12-10-8-6-4-2/h17,19,33,35,43,46-51,54-58H,3-16,18,20-32,34,36-42H2,1-2H3,(H,59,60)/b19-17+,35-33+/t43-,46?,47-,48?,49?,50?,51?/m1/s1. The van der Waals surface area contributed by atoms with Gasteiger partial charge in [0.05, 0.1) is 6.61 Å². The number of aliphatic hydroxyl groups excluding tert-OH is 5. The molecule has 1 fully saturated rings. The number of carbonyl (C=O) groups excluding carboxylic acids is 2. The van der Waals surface area contributed by atoms with Crippen LogP contribution in [-0.4, -0.2) is 98.3 Å². The number of ether oxygens (including phenoxy) is 2. The monoisotopic (exact) mass is 947 g/mol. The first kappa shape index (κ1) is 61.3. The lowest BCUT2D eigenvalue weighted by molar-refractivity contribution is -0.220. The van der Waals surface area contributed by atoms with Crippen LogP contribution in [0, 0.1) is 0 Å². The normalized spacial score (nSPS) is 21.5. The smallest absolute Gasteiger partial charge is 0.462 e. The third-order valence-corrected chi connectivity index (χ3v) is 13.3. The topological polar surface area (TPSA) is 210 Å². The van der Waals surface area contributed by atoms with Gasteiger partial charge in [-0.1, -0.05) is 192 Å². The van der Waals surface area contributed by atoms with E-state index in [1.807, 2.05) is 6.08 Å². The van der Waals surface area contributed by atoms with Crippen molar-refractivity contribution >= 4 is 19.8 Å². The number of phosphoric acid groups is 1. The van der Waals surface area contributed by atoms with Crippen LogP contribution in [0.25, 0.3) is 0 Å². The van der Waals surface area contributed by atoms with E-state index in [4.69, 9.17) is 18.5 Å². The van der Waals surface area contributed by atoms with Crippen molar-refractivity contribution in [2.24, 2.45) is 0 Å². The molecule has 0 amide bonds. The fourth-order valence-electron chi connectivity index (χ4n) is 8.07. The third kappa shape index (κ3) is 33.5. The van der Waals surface area contributed by atoms with E-state index in [1.54, 1.807) is 0 Å². The fraction of sp³-hybridized carbons (Fsp3) is 0.882. The molecule has 6 unspecified atom stereocenters. The van der Waals surface area contributed by atoms with Crippen LogP contribution in [0.5, 0.6) is 0 Å². The highest BCUT2D eigenvalue weighted by molar-refractivity contribution is 7.47. The molecule has 0 heterocycles. The molecule has 0 radical (unpaired) electrons. The second kappa shape index (κ2) is 41.3. The lowest BCUT2D eigenvalue weighted by Gasteiger charge is -2.41. The molecule has 0 saturated heterocycles. The molecule has 14 heteroatoms. The van der Waals surface area contributed by atoms with Crippen LogP contribution in [0.1, 0.15) is 232 Å². The average Bonchev–Trinajstić information content (AvgIpc) is 3.29. The molecule has 6 N–H and O–H groups in total. The predicted octanol–water partition coefficient (Wildman–Crippen LogP) is 11.2. The van der Waals surface area contributed by atoms with E-state index in [0.29, 0.717) is 12.8 Å². The number of unbranched alkanes of at least 4 members (excludes halogenated alkanes) is 28. The van der Waals surface area contributed by atoms with E-state index in [2.05, 4.69) is 32.1 Å². The van der Waals surface area contributed by atoms with Gasteiger partial charge in [0.2, 0.25) is 0 Å². The number of carbonyl (C=O) groups is 2. The largest absolute Gasteiger partial charge is 0.472 e. The summed E-state index contributed by atoms with van der Waals surface area (Å²) >= 11 is 0. The molecule has 13 nitrogen and oxygen atoms in total. The van der Waals surface area contributed by atoms with E-state index in [-0.39, 0.29) is 12.8 Å². The van der Waals surface area contributed by atoms with Crippen molar-refractivity contribution in [1.29, 1.82) is 0 Å². The van der Waals surface area contributed by atoms with Crippen molar-refractivity contribution in [3.05, 3.63) is 24.3 Å². The minimum absolute atomic E-state index is 0.0864. The molecule has 65 heavy (non-hydrogen) atoms. The first-order valence-corrected chi connectivity index (χ1v) is 27.6. The van der Waals surface area contributed by atoms with Gasteiger partial charge in [0.25, 0.3) is 0 Å². The number of aliphatic hydroxyl groups is 5. The third-order valence-electron chi connectivity index (χ3n) is 12.3. The molecule has 0 aromatic heterocycles. The zero-order chi connectivity index (χ0) is 47.8. The van der Waals surface area contributed by atoms with Gasteiger partial charge in [-0.25, -0.2) is 4.57 Å². The lowest BCUT2D eigenvalue weighted by atomic mass is 9.85. The number of esters is 2. The summed E-state index contributed by atoms with van der Waals surface area (Å²) in [6, 6.07) is 0. The van der Waals surface area contributed by atoms with Crippen molar-refractivity contribution in [3.8, 4) is 0 Å². The Kier molecular flexibility index (Phi) is 39.0. The van der Waals surface area contributed by atoms with Crippen LogP contribution in [-0.2, 0) is 32.7 Å². The second-order valence-electron chi connectivity index (χ2n) is 18.4. The summed E-state index contributed by atoms with van der Waals surface area (Å²) in [6.07, 6.45) is 33.8. The minimum Gasteiger partial charge on any atom is -0.462 e. The Morgan fingerprint density at radius 3 is 1.23 bits per heavy atom. The zero-order valence-corrected chi connectivity index (χ0v) is 41.7. The van der Waals surface area contributed by atoms with Crippen LogP contribution in [0.3, 0.4) is 0 Å². The van der Waals surface area contributed by atoms with Crippen LogP contribution >= 0.6 is 7.82 Å². The summed E-state index contributed by atoms with van der Waals surface area (Å²) in [7, 11) is -5.13. The fourth-order valence-corrected chi connectivity index (χ4v) is 9.04. The highest BCUT2D eigenvalue weighted by Crippen LogP contribution is 2.47. The zero-order valence-electron chi connectivity index (χ0n) is 40.8. The molecule has 1 rings (SSSR count). The second-order valence-corrected chi connectivity index (χ2v) is 19.8. The average molecular weight is 947 g/mol. The quantitative estimate of drug-likeness (QED) is 0.0146. The molecule has 382 valence electrons. The van der Waals surface area contributed by atoms with E-state index in [0.717, 1.165) is 38.5 Å². The summed E-state index contributed by atoms with van der Waals surface area (Å²) in [5, 5.41) is 50.2. The van der Waals surface area contributed by atoms with Crippen molar-refractivity contribution in [1.82, 2.24) is 0 Å². The van der Waals surface area contributed by atoms with Crippen molar-refractivity contribution in [3.63, 3.8) is 0 Å². The molecular formula is C51H95O13P. The van der Waals surface area contributed by atoms with E-state index >= 15 is 0 Å². The Morgan fingerprint density at radius 2 is 0.815 bits per heavy atom. The van der Waals surface area contributed by atoms with Crippen LogP contribution < -0.4 is 0 Å². The maximum atomic E-state index is 12.8.